The van der Waals surface area contributed by atoms with Crippen LogP contribution >= 0.6 is 0 Å². The number of imidazole rings is 1. The van der Waals surface area contributed by atoms with Crippen LogP contribution in [0.5, 0.6) is 5.75 Å². The molecule has 140 valence electrons. The van der Waals surface area contributed by atoms with Crippen molar-refractivity contribution in [3.8, 4) is 17.0 Å². The molecule has 0 spiro atoms. The number of aromatic nitrogens is 3. The lowest BCUT2D eigenvalue weighted by molar-refractivity contribution is -0.683. The summed E-state index contributed by atoms with van der Waals surface area (Å²) in [6.07, 6.45) is 5.31. The quantitative estimate of drug-likeness (QED) is 0.468. The Bertz CT molecular complexity index is 1170. The van der Waals surface area contributed by atoms with Crippen LogP contribution in [0, 0.1) is 6.92 Å². The second-order valence-electron chi connectivity index (χ2n) is 6.61. The van der Waals surface area contributed by atoms with Crippen molar-refractivity contribution in [3.05, 3.63) is 72.7 Å². The van der Waals surface area contributed by atoms with Crippen LogP contribution in [0.1, 0.15) is 5.56 Å². The molecule has 0 aliphatic rings. The molecule has 0 bridgehead atoms. The van der Waals surface area contributed by atoms with E-state index in [0.29, 0.717) is 22.7 Å². The van der Waals surface area contributed by atoms with Crippen molar-refractivity contribution in [2.24, 2.45) is 5.73 Å². The number of benzene rings is 2. The van der Waals surface area contributed by atoms with Gasteiger partial charge in [0, 0.05) is 11.3 Å². The summed E-state index contributed by atoms with van der Waals surface area (Å²) in [4.78, 5) is 15.9. The molecule has 7 heteroatoms. The van der Waals surface area contributed by atoms with Gasteiger partial charge in [0.25, 0.3) is 5.91 Å². The zero-order valence-corrected chi connectivity index (χ0v) is 15.3. The van der Waals surface area contributed by atoms with Gasteiger partial charge in [0.1, 0.15) is 17.3 Å². The number of carbonyl (C=O) groups excluding carboxylic acids is 1. The van der Waals surface area contributed by atoms with Crippen LogP contribution in [0.2, 0.25) is 0 Å². The Morgan fingerprint density at radius 1 is 1.21 bits per heavy atom. The Balaban J connectivity index is 1.88. The summed E-state index contributed by atoms with van der Waals surface area (Å²) in [5.41, 5.74) is 9.20. The van der Waals surface area contributed by atoms with Crippen molar-refractivity contribution < 1.29 is 14.5 Å². The van der Waals surface area contributed by atoms with Gasteiger partial charge in [-0.05, 0) is 31.2 Å². The first kappa shape index (κ1) is 17.5. The molecule has 0 saturated heterocycles. The largest absolute Gasteiger partial charge is 0.507 e. The number of aryl methyl sites for hydroxylation is 1. The van der Waals surface area contributed by atoms with E-state index in [0.717, 1.165) is 11.3 Å². The number of nitrogens with one attached hydrogen (secondary N) is 1. The number of para-hydroxylation sites is 1. The van der Waals surface area contributed by atoms with Gasteiger partial charge in [-0.15, -0.1) is 0 Å². The third kappa shape index (κ3) is 3.37. The zero-order valence-electron chi connectivity index (χ0n) is 15.3. The van der Waals surface area contributed by atoms with Crippen molar-refractivity contribution in [1.29, 1.82) is 0 Å². The molecule has 0 radical (unpaired) electrons. The lowest BCUT2D eigenvalue weighted by Gasteiger charge is -2.10. The number of carbonyl (C=O) groups is 1. The van der Waals surface area contributed by atoms with Crippen molar-refractivity contribution >= 4 is 23.1 Å². The highest BCUT2D eigenvalue weighted by atomic mass is 16.3. The fraction of sp³-hybridized carbons (Fsp3) is 0.0952. The monoisotopic (exact) mass is 374 g/mol. The van der Waals surface area contributed by atoms with Crippen LogP contribution in [0.4, 0.5) is 11.5 Å². The van der Waals surface area contributed by atoms with Crippen LogP contribution in [0.15, 0.2) is 67.1 Å². The van der Waals surface area contributed by atoms with Crippen LogP contribution < -0.4 is 15.6 Å². The van der Waals surface area contributed by atoms with Gasteiger partial charge in [-0.3, -0.25) is 9.20 Å². The molecular weight excluding hydrogens is 354 g/mol. The minimum absolute atomic E-state index is 0.0655. The topological polar surface area (TPSA) is 96.5 Å². The van der Waals surface area contributed by atoms with E-state index in [1.165, 1.54) is 0 Å². The van der Waals surface area contributed by atoms with Crippen LogP contribution in [0.25, 0.3) is 16.9 Å². The molecule has 2 aromatic heterocycles. The number of hydrogen-bond acceptors (Lipinski definition) is 4. The molecular formula is C21H20N5O2+. The average Bonchev–Trinajstić information content (AvgIpc) is 3.01. The second-order valence-corrected chi connectivity index (χ2v) is 6.61. The number of phenols is 1. The van der Waals surface area contributed by atoms with Gasteiger partial charge in [-0.2, -0.15) is 4.57 Å². The smallest absolute Gasteiger partial charge is 0.283 e. The highest BCUT2D eigenvalue weighted by Crippen LogP contribution is 2.35. The SMILES string of the molecule is Cc1ccc(Nc2c(-c3ccccc3O)nc3c[n+](CC(N)=O)ccn23)cc1. The third-order valence-corrected chi connectivity index (χ3v) is 4.44. The van der Waals surface area contributed by atoms with E-state index in [1.54, 1.807) is 29.1 Å². The molecule has 1 amide bonds. The minimum Gasteiger partial charge on any atom is -0.507 e. The number of primary amides is 1. The molecule has 28 heavy (non-hydrogen) atoms. The minimum atomic E-state index is -0.431. The molecule has 0 unspecified atom stereocenters. The summed E-state index contributed by atoms with van der Waals surface area (Å²) in [6.45, 7) is 2.10. The van der Waals surface area contributed by atoms with E-state index < -0.39 is 5.91 Å². The zero-order chi connectivity index (χ0) is 19.7. The first-order valence-corrected chi connectivity index (χ1v) is 8.83. The Morgan fingerprint density at radius 2 is 1.96 bits per heavy atom. The summed E-state index contributed by atoms with van der Waals surface area (Å²) in [7, 11) is 0. The Kier molecular flexibility index (Phi) is 4.41. The third-order valence-electron chi connectivity index (χ3n) is 4.44. The van der Waals surface area contributed by atoms with E-state index in [1.807, 2.05) is 53.9 Å². The van der Waals surface area contributed by atoms with Crippen LogP contribution in [-0.2, 0) is 11.3 Å². The predicted molar refractivity (Wildman–Crippen MR) is 106 cm³/mol. The highest BCUT2D eigenvalue weighted by Gasteiger charge is 2.19. The fourth-order valence-electron chi connectivity index (χ4n) is 3.07. The van der Waals surface area contributed by atoms with Gasteiger partial charge in [-0.25, -0.2) is 4.98 Å². The van der Waals surface area contributed by atoms with E-state index in [9.17, 15) is 9.90 Å². The Hall–Kier alpha value is -3.87. The lowest BCUT2D eigenvalue weighted by Crippen LogP contribution is -2.40. The molecule has 4 N–H and O–H groups in total. The van der Waals surface area contributed by atoms with Crippen molar-refractivity contribution in [2.45, 2.75) is 13.5 Å². The van der Waals surface area contributed by atoms with E-state index in [4.69, 9.17) is 10.7 Å². The molecule has 4 rings (SSSR count). The number of nitrogens with zero attached hydrogens (tertiary/aromatic N) is 3. The molecule has 0 aliphatic heterocycles. The van der Waals surface area contributed by atoms with Crippen LogP contribution in [0.3, 0.4) is 0 Å². The van der Waals surface area contributed by atoms with Crippen molar-refractivity contribution in [3.63, 3.8) is 0 Å². The van der Waals surface area contributed by atoms with Gasteiger partial charge in [0.15, 0.2) is 6.20 Å². The number of aromatic hydroxyl groups is 1. The molecule has 0 aliphatic carbocycles. The summed E-state index contributed by atoms with van der Waals surface area (Å²) in [5, 5.41) is 13.7. The van der Waals surface area contributed by atoms with Crippen LogP contribution in [-0.4, -0.2) is 20.4 Å². The number of hydrogen-bond donors (Lipinski definition) is 3. The first-order valence-electron chi connectivity index (χ1n) is 8.83. The van der Waals surface area contributed by atoms with E-state index in [-0.39, 0.29) is 12.3 Å². The molecule has 2 aromatic carbocycles. The number of anilines is 2. The molecule has 4 aromatic rings. The molecule has 7 nitrogen and oxygen atoms in total. The maximum Gasteiger partial charge on any atom is 0.283 e. The fourth-order valence-corrected chi connectivity index (χ4v) is 3.07. The maximum absolute atomic E-state index is 11.2. The molecule has 0 fully saturated rings. The van der Waals surface area contributed by atoms with Gasteiger partial charge < -0.3 is 16.2 Å². The van der Waals surface area contributed by atoms with Crippen molar-refractivity contribution in [1.82, 2.24) is 9.38 Å². The maximum atomic E-state index is 11.2. The van der Waals surface area contributed by atoms with E-state index in [2.05, 4.69) is 5.32 Å². The second kappa shape index (κ2) is 7.03. The number of amides is 1. The van der Waals surface area contributed by atoms with Gasteiger partial charge in [0.2, 0.25) is 18.4 Å². The van der Waals surface area contributed by atoms with E-state index >= 15 is 0 Å². The lowest BCUT2D eigenvalue weighted by atomic mass is 10.1. The summed E-state index contributed by atoms with van der Waals surface area (Å²) < 4.78 is 3.55. The molecule has 2 heterocycles. The summed E-state index contributed by atoms with van der Waals surface area (Å²) in [5.74, 6) is 0.425. The highest BCUT2D eigenvalue weighted by molar-refractivity contribution is 5.82. The summed E-state index contributed by atoms with van der Waals surface area (Å²) >= 11 is 0. The van der Waals surface area contributed by atoms with Gasteiger partial charge in [-0.1, -0.05) is 29.8 Å². The Morgan fingerprint density at radius 3 is 2.68 bits per heavy atom. The normalized spacial score (nSPS) is 10.9. The Labute approximate surface area is 161 Å². The number of fused-ring (bicyclic) bond motifs is 1. The standard InChI is InChI=1S/C21H19N5O2/c1-14-6-8-15(9-7-14)23-21-20(16-4-2-3-5-17(16)27)24-19-13-25(12-18(22)28)10-11-26(19)21/h2-11,13H,12H2,1H3,(H3,22,24,27,28)/p+1. The first-order chi connectivity index (χ1) is 13.5. The molecule has 0 saturated carbocycles. The molecule has 0 atom stereocenters. The average molecular weight is 374 g/mol. The van der Waals surface area contributed by atoms with Gasteiger partial charge in [0.05, 0.1) is 6.20 Å². The summed E-state index contributed by atoms with van der Waals surface area (Å²) in [6, 6.07) is 15.1. The number of nitrogens with two attached hydrogens (primary N) is 1. The number of rotatable bonds is 5. The van der Waals surface area contributed by atoms with Gasteiger partial charge >= 0.3 is 0 Å². The van der Waals surface area contributed by atoms with Crippen molar-refractivity contribution in [2.75, 3.05) is 5.32 Å². The predicted octanol–water partition coefficient (Wildman–Crippen LogP) is 2.53. The number of phenolic OH excluding ortho intramolecular Hbond substituents is 1.